The Morgan fingerprint density at radius 2 is 1.90 bits per heavy atom. The van der Waals surface area contributed by atoms with Gasteiger partial charge < -0.3 is 20.3 Å². The number of aliphatic hydroxyl groups is 1. The fourth-order valence-electron chi connectivity index (χ4n) is 1.53. The molecule has 0 fully saturated rings. The molecule has 1 aromatic carbocycles. The lowest BCUT2D eigenvalue weighted by atomic mass is 10.3. The summed E-state index contributed by atoms with van der Waals surface area (Å²) in [5.74, 6) is 0.448. The average molecular weight is 304 g/mol. The smallest absolute Gasteiger partial charge is 0.244 e. The molecule has 0 aliphatic rings. The molecule has 0 saturated carbocycles. The van der Waals surface area contributed by atoms with Crippen molar-refractivity contribution in [3.8, 4) is 11.5 Å². The van der Waals surface area contributed by atoms with Crippen LogP contribution in [-0.2, 0) is 10.0 Å². The molecular formula is C12H20N2O5S. The average Bonchev–Trinajstić information content (AvgIpc) is 2.44. The highest BCUT2D eigenvalue weighted by Crippen LogP contribution is 2.33. The van der Waals surface area contributed by atoms with Crippen LogP contribution in [0.5, 0.6) is 11.5 Å². The highest BCUT2D eigenvalue weighted by molar-refractivity contribution is 7.89. The minimum atomic E-state index is -3.83. The summed E-state index contributed by atoms with van der Waals surface area (Å²) in [6, 6.07) is 2.67. The van der Waals surface area contributed by atoms with Crippen LogP contribution in [0.1, 0.15) is 13.3 Å². The lowest BCUT2D eigenvalue weighted by Crippen LogP contribution is -2.32. The van der Waals surface area contributed by atoms with E-state index in [1.807, 2.05) is 0 Å². The number of rotatable bonds is 7. The zero-order valence-electron chi connectivity index (χ0n) is 11.7. The molecule has 0 aliphatic heterocycles. The van der Waals surface area contributed by atoms with Crippen molar-refractivity contribution in [2.75, 3.05) is 26.5 Å². The number of anilines is 1. The third-order valence-corrected chi connectivity index (χ3v) is 4.23. The first kappa shape index (κ1) is 16.5. The zero-order chi connectivity index (χ0) is 15.3. The van der Waals surface area contributed by atoms with Gasteiger partial charge in [0, 0.05) is 12.6 Å². The second-order valence-corrected chi connectivity index (χ2v) is 5.89. The Morgan fingerprint density at radius 3 is 2.40 bits per heavy atom. The first-order valence-electron chi connectivity index (χ1n) is 6.05. The van der Waals surface area contributed by atoms with E-state index in [1.165, 1.54) is 26.4 Å². The summed E-state index contributed by atoms with van der Waals surface area (Å²) in [6.45, 7) is 1.68. The zero-order valence-corrected chi connectivity index (χ0v) is 12.5. The Hall–Kier alpha value is -1.51. The molecule has 114 valence electrons. The number of aliphatic hydroxyl groups excluding tert-OH is 1. The van der Waals surface area contributed by atoms with Crippen LogP contribution in [0, 0.1) is 0 Å². The monoisotopic (exact) mass is 304 g/mol. The quantitative estimate of drug-likeness (QED) is 0.626. The molecule has 1 atom stereocenters. The van der Waals surface area contributed by atoms with Gasteiger partial charge in [-0.1, -0.05) is 6.92 Å². The standard InChI is InChI=1S/C12H20N2O5S/c1-4-8(15)7-14-20(16,17)12-5-9(13)10(18-2)6-11(12)19-3/h5-6,8,14-15H,4,7,13H2,1-3H3. The molecule has 0 aliphatic carbocycles. The minimum Gasteiger partial charge on any atom is -0.495 e. The molecule has 0 aromatic heterocycles. The largest absolute Gasteiger partial charge is 0.495 e. The maximum absolute atomic E-state index is 12.2. The van der Waals surface area contributed by atoms with E-state index in [1.54, 1.807) is 6.92 Å². The third-order valence-electron chi connectivity index (χ3n) is 2.79. The van der Waals surface area contributed by atoms with Gasteiger partial charge in [-0.15, -0.1) is 0 Å². The van der Waals surface area contributed by atoms with Gasteiger partial charge in [0.25, 0.3) is 0 Å². The second-order valence-electron chi connectivity index (χ2n) is 4.16. The Balaban J connectivity index is 3.14. The van der Waals surface area contributed by atoms with Crippen LogP contribution < -0.4 is 19.9 Å². The molecule has 8 heteroatoms. The van der Waals surface area contributed by atoms with E-state index >= 15 is 0 Å². The van der Waals surface area contributed by atoms with Crippen molar-refractivity contribution in [1.82, 2.24) is 4.72 Å². The predicted octanol–water partition coefficient (Wildman–Crippen LogP) is 0.335. The van der Waals surface area contributed by atoms with Crippen LogP contribution in [0.25, 0.3) is 0 Å². The number of hydrogen-bond donors (Lipinski definition) is 3. The molecule has 7 nitrogen and oxygen atoms in total. The first-order valence-corrected chi connectivity index (χ1v) is 7.53. The van der Waals surface area contributed by atoms with E-state index in [0.717, 1.165) is 0 Å². The number of nitrogens with two attached hydrogens (primary N) is 1. The molecule has 1 rings (SSSR count). The molecule has 20 heavy (non-hydrogen) atoms. The van der Waals surface area contributed by atoms with Crippen molar-refractivity contribution in [3.05, 3.63) is 12.1 Å². The fourth-order valence-corrected chi connectivity index (χ4v) is 2.79. The molecule has 0 spiro atoms. The summed E-state index contributed by atoms with van der Waals surface area (Å²) in [5.41, 5.74) is 5.90. The molecule has 0 heterocycles. The summed E-state index contributed by atoms with van der Waals surface area (Å²) < 4.78 is 36.7. The van der Waals surface area contributed by atoms with Crippen molar-refractivity contribution in [1.29, 1.82) is 0 Å². The summed E-state index contributed by atoms with van der Waals surface area (Å²) in [4.78, 5) is -0.0957. The Labute approximate surface area is 118 Å². The number of ether oxygens (including phenoxy) is 2. The topological polar surface area (TPSA) is 111 Å². The van der Waals surface area contributed by atoms with Crippen LogP contribution in [0.4, 0.5) is 5.69 Å². The van der Waals surface area contributed by atoms with Crippen molar-refractivity contribution in [2.45, 2.75) is 24.3 Å². The Morgan fingerprint density at radius 1 is 1.30 bits per heavy atom. The summed E-state index contributed by atoms with van der Waals surface area (Å²) >= 11 is 0. The molecular weight excluding hydrogens is 284 g/mol. The summed E-state index contributed by atoms with van der Waals surface area (Å²) in [6.07, 6.45) is -0.295. The normalized spacial score (nSPS) is 13.0. The van der Waals surface area contributed by atoms with Gasteiger partial charge in [0.1, 0.15) is 16.4 Å². The summed E-state index contributed by atoms with van der Waals surface area (Å²) in [5, 5.41) is 9.43. The van der Waals surface area contributed by atoms with Gasteiger partial charge in [-0.2, -0.15) is 0 Å². The van der Waals surface area contributed by atoms with Gasteiger partial charge in [-0.3, -0.25) is 0 Å². The third kappa shape index (κ3) is 3.75. The molecule has 4 N–H and O–H groups in total. The number of nitrogens with one attached hydrogen (secondary N) is 1. The molecule has 0 bridgehead atoms. The predicted molar refractivity (Wildman–Crippen MR) is 75.4 cm³/mol. The van der Waals surface area contributed by atoms with Gasteiger partial charge in [-0.05, 0) is 12.5 Å². The van der Waals surface area contributed by atoms with Crippen LogP contribution in [0.3, 0.4) is 0 Å². The maximum Gasteiger partial charge on any atom is 0.244 e. The van der Waals surface area contributed by atoms with Gasteiger partial charge in [0.15, 0.2) is 0 Å². The number of hydrogen-bond acceptors (Lipinski definition) is 6. The van der Waals surface area contributed by atoms with Crippen LogP contribution in [-0.4, -0.2) is 40.4 Å². The fraction of sp³-hybridized carbons (Fsp3) is 0.500. The van der Waals surface area contributed by atoms with E-state index in [9.17, 15) is 13.5 Å². The van der Waals surface area contributed by atoms with Crippen molar-refractivity contribution >= 4 is 15.7 Å². The van der Waals surface area contributed by atoms with E-state index in [-0.39, 0.29) is 22.9 Å². The number of methoxy groups -OCH3 is 2. The van der Waals surface area contributed by atoms with Crippen LogP contribution >= 0.6 is 0 Å². The molecule has 1 aromatic rings. The highest BCUT2D eigenvalue weighted by atomic mass is 32.2. The van der Waals surface area contributed by atoms with Crippen LogP contribution in [0.2, 0.25) is 0 Å². The number of benzene rings is 1. The van der Waals surface area contributed by atoms with Crippen molar-refractivity contribution < 1.29 is 23.0 Å². The van der Waals surface area contributed by atoms with E-state index in [4.69, 9.17) is 15.2 Å². The van der Waals surface area contributed by atoms with Gasteiger partial charge >= 0.3 is 0 Å². The lowest BCUT2D eigenvalue weighted by molar-refractivity contribution is 0.174. The second kappa shape index (κ2) is 6.78. The molecule has 0 amide bonds. The summed E-state index contributed by atoms with van der Waals surface area (Å²) in [7, 11) is -1.05. The minimum absolute atomic E-state index is 0.0755. The first-order chi connectivity index (χ1) is 9.35. The van der Waals surface area contributed by atoms with Crippen molar-refractivity contribution in [3.63, 3.8) is 0 Å². The van der Waals surface area contributed by atoms with Crippen molar-refractivity contribution in [2.24, 2.45) is 0 Å². The molecule has 1 unspecified atom stereocenters. The Bertz CT molecular complexity index is 559. The number of nitrogen functional groups attached to an aromatic ring is 1. The molecule has 0 radical (unpaired) electrons. The van der Waals surface area contributed by atoms with Gasteiger partial charge in [0.05, 0.1) is 26.0 Å². The number of sulfonamides is 1. The van der Waals surface area contributed by atoms with Gasteiger partial charge in [0.2, 0.25) is 10.0 Å². The highest BCUT2D eigenvalue weighted by Gasteiger charge is 2.22. The van der Waals surface area contributed by atoms with E-state index < -0.39 is 16.1 Å². The van der Waals surface area contributed by atoms with E-state index in [2.05, 4.69) is 4.72 Å². The van der Waals surface area contributed by atoms with E-state index in [0.29, 0.717) is 12.2 Å². The van der Waals surface area contributed by atoms with Gasteiger partial charge in [-0.25, -0.2) is 13.1 Å². The maximum atomic E-state index is 12.2. The van der Waals surface area contributed by atoms with Crippen LogP contribution in [0.15, 0.2) is 17.0 Å². The SMILES string of the molecule is CCC(O)CNS(=O)(=O)c1cc(N)c(OC)cc1OC. The molecule has 0 saturated heterocycles. The lowest BCUT2D eigenvalue weighted by Gasteiger charge is -2.15. The Kier molecular flexibility index (Phi) is 5.61.